The molecule has 6 heteroatoms. The maximum atomic E-state index is 12.9. The van der Waals surface area contributed by atoms with Gasteiger partial charge in [-0.2, -0.15) is 0 Å². The molecule has 1 aromatic heterocycles. The topological polar surface area (TPSA) is 69.2 Å². The van der Waals surface area contributed by atoms with Gasteiger partial charge in [0.2, 0.25) is 5.95 Å². The van der Waals surface area contributed by atoms with Crippen LogP contribution in [0.25, 0.3) is 11.0 Å². The maximum absolute atomic E-state index is 12.9. The lowest BCUT2D eigenvalue weighted by atomic mass is 10.3. The van der Waals surface area contributed by atoms with E-state index in [0.717, 1.165) is 4.90 Å². The summed E-state index contributed by atoms with van der Waals surface area (Å²) in [7, 11) is 0. The molecule has 5 nitrogen and oxygen atoms in total. The third-order valence-electron chi connectivity index (χ3n) is 2.23. The summed E-state index contributed by atoms with van der Waals surface area (Å²) in [5, 5.41) is 8.90. The summed E-state index contributed by atoms with van der Waals surface area (Å²) < 4.78 is 12.9. The number of H-pyrrole nitrogens is 1. The Kier molecular flexibility index (Phi) is 2.47. The SMILES string of the molecule is CCN(C(=O)O)c1nc2ccc(F)cc2[nH]1. The smallest absolute Gasteiger partial charge is 0.414 e. The lowest BCUT2D eigenvalue weighted by molar-refractivity contribution is 0.202. The molecule has 2 rings (SSSR count). The van der Waals surface area contributed by atoms with Gasteiger partial charge in [-0.25, -0.2) is 19.1 Å². The van der Waals surface area contributed by atoms with E-state index in [4.69, 9.17) is 5.11 Å². The zero-order chi connectivity index (χ0) is 11.7. The Hall–Kier alpha value is -2.11. The molecule has 84 valence electrons. The van der Waals surface area contributed by atoms with Crippen LogP contribution in [0.1, 0.15) is 6.92 Å². The maximum Gasteiger partial charge on any atom is 0.414 e. The van der Waals surface area contributed by atoms with E-state index in [2.05, 4.69) is 9.97 Å². The van der Waals surface area contributed by atoms with Gasteiger partial charge in [0.25, 0.3) is 0 Å². The molecule has 0 radical (unpaired) electrons. The number of hydrogen-bond acceptors (Lipinski definition) is 2. The van der Waals surface area contributed by atoms with E-state index in [1.807, 2.05) is 0 Å². The van der Waals surface area contributed by atoms with Gasteiger partial charge in [0.1, 0.15) is 5.82 Å². The number of anilines is 1. The molecule has 0 fully saturated rings. The summed E-state index contributed by atoms with van der Waals surface area (Å²) in [6.07, 6.45) is -1.10. The monoisotopic (exact) mass is 223 g/mol. The molecule has 0 atom stereocenters. The first-order chi connectivity index (χ1) is 7.61. The average Bonchev–Trinajstić information content (AvgIpc) is 2.60. The molecular weight excluding hydrogens is 213 g/mol. The highest BCUT2D eigenvalue weighted by atomic mass is 19.1. The zero-order valence-electron chi connectivity index (χ0n) is 8.57. The van der Waals surface area contributed by atoms with E-state index in [-0.39, 0.29) is 18.3 Å². The quantitative estimate of drug-likeness (QED) is 0.820. The molecule has 0 aliphatic rings. The van der Waals surface area contributed by atoms with Crippen molar-refractivity contribution in [1.82, 2.24) is 9.97 Å². The lowest BCUT2D eigenvalue weighted by Gasteiger charge is -2.12. The molecule has 0 bridgehead atoms. The Labute approximate surface area is 90.5 Å². The second-order valence-electron chi connectivity index (χ2n) is 3.25. The van der Waals surface area contributed by atoms with Gasteiger partial charge in [-0.15, -0.1) is 0 Å². The first-order valence-corrected chi connectivity index (χ1v) is 4.77. The van der Waals surface area contributed by atoms with Crippen molar-refractivity contribution in [2.45, 2.75) is 6.92 Å². The Morgan fingerprint density at radius 1 is 1.62 bits per heavy atom. The zero-order valence-corrected chi connectivity index (χ0v) is 8.57. The van der Waals surface area contributed by atoms with E-state index in [9.17, 15) is 9.18 Å². The van der Waals surface area contributed by atoms with E-state index in [1.54, 1.807) is 6.92 Å². The minimum absolute atomic E-state index is 0.204. The second-order valence-corrected chi connectivity index (χ2v) is 3.25. The van der Waals surface area contributed by atoms with Crippen LogP contribution in [-0.4, -0.2) is 27.7 Å². The van der Waals surface area contributed by atoms with Gasteiger partial charge in [-0.1, -0.05) is 0 Å². The number of fused-ring (bicyclic) bond motifs is 1. The molecule has 0 saturated heterocycles. The standard InChI is InChI=1S/C10H10FN3O2/c1-2-14(10(15)16)9-12-7-4-3-6(11)5-8(7)13-9/h3-5H,2H2,1H3,(H,12,13)(H,15,16). The van der Waals surface area contributed by atoms with Crippen molar-refractivity contribution >= 4 is 23.1 Å². The van der Waals surface area contributed by atoms with Gasteiger partial charge < -0.3 is 10.1 Å². The first kappa shape index (κ1) is 10.4. The molecule has 1 heterocycles. The summed E-state index contributed by atoms with van der Waals surface area (Å²) in [5.41, 5.74) is 1.02. The van der Waals surface area contributed by atoms with Crippen LogP contribution in [0.2, 0.25) is 0 Å². The fraction of sp³-hybridized carbons (Fsp3) is 0.200. The van der Waals surface area contributed by atoms with Crippen molar-refractivity contribution in [3.63, 3.8) is 0 Å². The number of amides is 1. The Balaban J connectivity index is 2.49. The first-order valence-electron chi connectivity index (χ1n) is 4.77. The number of carbonyl (C=O) groups is 1. The minimum atomic E-state index is -1.10. The molecule has 2 N–H and O–H groups in total. The van der Waals surface area contributed by atoms with Gasteiger partial charge >= 0.3 is 6.09 Å². The van der Waals surface area contributed by atoms with Crippen molar-refractivity contribution in [2.75, 3.05) is 11.4 Å². The Bertz CT molecular complexity index is 538. The number of benzene rings is 1. The lowest BCUT2D eigenvalue weighted by Crippen LogP contribution is -2.29. The molecule has 2 aromatic rings. The number of imidazole rings is 1. The van der Waals surface area contributed by atoms with Gasteiger partial charge in [0, 0.05) is 6.54 Å². The third kappa shape index (κ3) is 1.69. The summed E-state index contributed by atoms with van der Waals surface area (Å²) in [6.45, 7) is 1.97. The molecule has 1 amide bonds. The van der Waals surface area contributed by atoms with Crippen LogP contribution in [-0.2, 0) is 0 Å². The van der Waals surface area contributed by atoms with Crippen molar-refractivity contribution in [1.29, 1.82) is 0 Å². The molecule has 1 aromatic carbocycles. The second kappa shape index (κ2) is 3.80. The molecule has 0 unspecified atom stereocenters. The molecule has 0 spiro atoms. The van der Waals surface area contributed by atoms with Gasteiger partial charge in [-0.05, 0) is 25.1 Å². The Morgan fingerprint density at radius 3 is 3.00 bits per heavy atom. The highest BCUT2D eigenvalue weighted by Gasteiger charge is 2.15. The average molecular weight is 223 g/mol. The number of halogens is 1. The van der Waals surface area contributed by atoms with Crippen molar-refractivity contribution in [2.24, 2.45) is 0 Å². The number of nitrogens with zero attached hydrogens (tertiary/aromatic N) is 2. The molecule has 0 aliphatic heterocycles. The summed E-state index contributed by atoms with van der Waals surface area (Å²) >= 11 is 0. The van der Waals surface area contributed by atoms with Crippen LogP contribution in [0.4, 0.5) is 15.1 Å². The van der Waals surface area contributed by atoms with E-state index in [1.165, 1.54) is 18.2 Å². The number of aromatic amines is 1. The number of aromatic nitrogens is 2. The van der Waals surface area contributed by atoms with Crippen LogP contribution in [0.5, 0.6) is 0 Å². The number of carboxylic acid groups (broad SMARTS) is 1. The predicted octanol–water partition coefficient (Wildman–Crippen LogP) is 2.21. The van der Waals surface area contributed by atoms with Crippen molar-refractivity contribution in [3.8, 4) is 0 Å². The van der Waals surface area contributed by atoms with E-state index >= 15 is 0 Å². The summed E-state index contributed by atoms with van der Waals surface area (Å²) in [6, 6.07) is 4.06. The van der Waals surface area contributed by atoms with Crippen LogP contribution in [0, 0.1) is 5.82 Å². The van der Waals surface area contributed by atoms with Crippen LogP contribution >= 0.6 is 0 Å². The molecule has 0 aliphatic carbocycles. The fourth-order valence-corrected chi connectivity index (χ4v) is 1.47. The van der Waals surface area contributed by atoms with Gasteiger partial charge in [0.15, 0.2) is 0 Å². The highest BCUT2D eigenvalue weighted by molar-refractivity contribution is 5.87. The van der Waals surface area contributed by atoms with E-state index < -0.39 is 6.09 Å². The fourth-order valence-electron chi connectivity index (χ4n) is 1.47. The van der Waals surface area contributed by atoms with E-state index in [0.29, 0.717) is 11.0 Å². The minimum Gasteiger partial charge on any atom is -0.465 e. The van der Waals surface area contributed by atoms with Gasteiger partial charge in [-0.3, -0.25) is 0 Å². The number of nitrogens with one attached hydrogen (secondary N) is 1. The van der Waals surface area contributed by atoms with Gasteiger partial charge in [0.05, 0.1) is 11.0 Å². The highest BCUT2D eigenvalue weighted by Crippen LogP contribution is 2.18. The van der Waals surface area contributed by atoms with Crippen molar-refractivity contribution < 1.29 is 14.3 Å². The largest absolute Gasteiger partial charge is 0.465 e. The van der Waals surface area contributed by atoms with Crippen LogP contribution < -0.4 is 4.90 Å². The third-order valence-corrected chi connectivity index (χ3v) is 2.23. The van der Waals surface area contributed by atoms with Crippen LogP contribution in [0.3, 0.4) is 0 Å². The number of rotatable bonds is 2. The Morgan fingerprint density at radius 2 is 2.38 bits per heavy atom. The number of hydrogen-bond donors (Lipinski definition) is 2. The summed E-state index contributed by atoms with van der Waals surface area (Å²) in [4.78, 5) is 18.8. The molecule has 0 saturated carbocycles. The molecule has 16 heavy (non-hydrogen) atoms. The van der Waals surface area contributed by atoms with Crippen molar-refractivity contribution in [3.05, 3.63) is 24.0 Å². The predicted molar refractivity (Wildman–Crippen MR) is 57.1 cm³/mol. The molecular formula is C10H10FN3O2. The normalized spacial score (nSPS) is 10.6. The summed E-state index contributed by atoms with van der Waals surface area (Å²) in [5.74, 6) is -0.184. The van der Waals surface area contributed by atoms with Crippen LogP contribution in [0.15, 0.2) is 18.2 Å².